The number of carbonyl (C=O) groups is 2. The number of carbonyl (C=O) groups excluding carboxylic acids is 2. The molecular formula is C12H19NO2. The van der Waals surface area contributed by atoms with Gasteiger partial charge in [-0.25, -0.2) is 0 Å². The van der Waals surface area contributed by atoms with Crippen molar-refractivity contribution < 1.29 is 9.59 Å². The number of amides is 2. The van der Waals surface area contributed by atoms with E-state index in [0.717, 1.165) is 25.7 Å². The first kappa shape index (κ1) is 12.0. The summed E-state index contributed by atoms with van der Waals surface area (Å²) in [4.78, 5) is 22.4. The highest BCUT2D eigenvalue weighted by atomic mass is 16.2. The third kappa shape index (κ3) is 6.05. The highest BCUT2D eigenvalue weighted by Crippen LogP contribution is 2.09. The van der Waals surface area contributed by atoms with Crippen molar-refractivity contribution in [1.82, 2.24) is 5.32 Å². The van der Waals surface area contributed by atoms with Gasteiger partial charge in [0, 0.05) is 6.42 Å². The van der Waals surface area contributed by atoms with Crippen LogP contribution in [-0.4, -0.2) is 11.8 Å². The number of imide groups is 1. The molecule has 2 amide bonds. The summed E-state index contributed by atoms with van der Waals surface area (Å²) in [5.41, 5.74) is 0. The van der Waals surface area contributed by atoms with Gasteiger partial charge < -0.3 is 0 Å². The molecule has 1 heterocycles. The third-order valence-corrected chi connectivity index (χ3v) is 2.56. The summed E-state index contributed by atoms with van der Waals surface area (Å²) in [5.74, 6) is -0.428. The zero-order chi connectivity index (χ0) is 10.9. The van der Waals surface area contributed by atoms with Gasteiger partial charge >= 0.3 is 0 Å². The van der Waals surface area contributed by atoms with Gasteiger partial charge in [0.1, 0.15) is 0 Å². The fourth-order valence-corrected chi connectivity index (χ4v) is 1.69. The van der Waals surface area contributed by atoms with Crippen molar-refractivity contribution in [2.75, 3.05) is 0 Å². The van der Waals surface area contributed by atoms with Gasteiger partial charge in [0.25, 0.3) is 0 Å². The van der Waals surface area contributed by atoms with Crippen LogP contribution >= 0.6 is 0 Å². The highest BCUT2D eigenvalue weighted by Gasteiger charge is 2.04. The molecule has 1 N–H and O–H groups in total. The maximum absolute atomic E-state index is 11.2. The van der Waals surface area contributed by atoms with Gasteiger partial charge in [-0.1, -0.05) is 31.8 Å². The van der Waals surface area contributed by atoms with Gasteiger partial charge in [0.05, 0.1) is 0 Å². The van der Waals surface area contributed by atoms with Gasteiger partial charge in [0.2, 0.25) is 11.8 Å². The average Bonchev–Trinajstić information content (AvgIpc) is 2.21. The summed E-state index contributed by atoms with van der Waals surface area (Å²) in [7, 11) is 0. The zero-order valence-electron chi connectivity index (χ0n) is 9.13. The normalized spacial score (nSPS) is 23.2. The minimum Gasteiger partial charge on any atom is -0.293 e. The lowest BCUT2D eigenvalue weighted by atomic mass is 10.1. The van der Waals surface area contributed by atoms with Crippen LogP contribution in [0.5, 0.6) is 0 Å². The van der Waals surface area contributed by atoms with E-state index >= 15 is 0 Å². The molecule has 0 unspecified atom stereocenters. The van der Waals surface area contributed by atoms with Crippen LogP contribution in [0, 0.1) is 0 Å². The van der Waals surface area contributed by atoms with E-state index in [1.54, 1.807) is 0 Å². The lowest BCUT2D eigenvalue weighted by molar-refractivity contribution is -0.128. The van der Waals surface area contributed by atoms with Crippen molar-refractivity contribution in [3.63, 3.8) is 0 Å². The fraction of sp³-hybridized carbons (Fsp3) is 0.667. The smallest absolute Gasteiger partial charge is 0.250 e. The van der Waals surface area contributed by atoms with E-state index in [4.69, 9.17) is 0 Å². The summed E-state index contributed by atoms with van der Waals surface area (Å²) in [6.07, 6.45) is 11.5. The van der Waals surface area contributed by atoms with Crippen molar-refractivity contribution in [1.29, 1.82) is 0 Å². The van der Waals surface area contributed by atoms with E-state index in [9.17, 15) is 9.59 Å². The summed E-state index contributed by atoms with van der Waals surface area (Å²) in [6, 6.07) is 0. The van der Waals surface area contributed by atoms with Crippen LogP contribution < -0.4 is 5.32 Å². The van der Waals surface area contributed by atoms with Crippen molar-refractivity contribution >= 4 is 11.8 Å². The number of rotatable bonds is 0. The quantitative estimate of drug-likeness (QED) is 0.622. The Morgan fingerprint density at radius 3 is 2.40 bits per heavy atom. The van der Waals surface area contributed by atoms with Crippen LogP contribution in [0.25, 0.3) is 0 Å². The van der Waals surface area contributed by atoms with E-state index in [0.29, 0.717) is 6.42 Å². The van der Waals surface area contributed by atoms with Gasteiger partial charge in [0.15, 0.2) is 0 Å². The summed E-state index contributed by atoms with van der Waals surface area (Å²) < 4.78 is 0. The molecule has 15 heavy (non-hydrogen) atoms. The van der Waals surface area contributed by atoms with Crippen molar-refractivity contribution in [3.05, 3.63) is 12.2 Å². The minimum atomic E-state index is -0.278. The van der Waals surface area contributed by atoms with E-state index in [2.05, 4.69) is 5.32 Å². The molecule has 0 aromatic rings. The first-order chi connectivity index (χ1) is 7.29. The van der Waals surface area contributed by atoms with Crippen molar-refractivity contribution in [2.24, 2.45) is 0 Å². The van der Waals surface area contributed by atoms with Gasteiger partial charge in [-0.3, -0.25) is 14.9 Å². The number of hydrogen-bond donors (Lipinski definition) is 1. The molecule has 0 aromatic heterocycles. The Morgan fingerprint density at radius 1 is 0.933 bits per heavy atom. The van der Waals surface area contributed by atoms with E-state index in [-0.39, 0.29) is 11.8 Å². The molecule has 0 atom stereocenters. The summed E-state index contributed by atoms with van der Waals surface area (Å²) in [5, 5.41) is 2.35. The molecule has 1 aliphatic rings. The van der Waals surface area contributed by atoms with Crippen LogP contribution in [0.3, 0.4) is 0 Å². The Morgan fingerprint density at radius 2 is 1.60 bits per heavy atom. The van der Waals surface area contributed by atoms with Crippen LogP contribution in [0.4, 0.5) is 0 Å². The largest absolute Gasteiger partial charge is 0.293 e. The molecular weight excluding hydrogens is 190 g/mol. The number of allylic oxidation sites excluding steroid dienone is 1. The minimum absolute atomic E-state index is 0.149. The van der Waals surface area contributed by atoms with Crippen molar-refractivity contribution in [3.8, 4) is 0 Å². The lowest BCUT2D eigenvalue weighted by Gasteiger charge is -2.00. The molecule has 0 aromatic carbocycles. The molecule has 3 nitrogen and oxygen atoms in total. The lowest BCUT2D eigenvalue weighted by Crippen LogP contribution is -2.28. The second-order valence-electron chi connectivity index (χ2n) is 3.97. The zero-order valence-corrected chi connectivity index (χ0v) is 9.13. The van der Waals surface area contributed by atoms with Crippen LogP contribution in [-0.2, 0) is 9.59 Å². The molecule has 0 radical (unpaired) electrons. The fourth-order valence-electron chi connectivity index (χ4n) is 1.69. The number of hydrogen-bond acceptors (Lipinski definition) is 2. The maximum atomic E-state index is 11.2. The Kier molecular flexibility index (Phi) is 5.74. The Bertz CT molecular complexity index is 246. The van der Waals surface area contributed by atoms with Crippen LogP contribution in [0.15, 0.2) is 12.2 Å². The molecule has 0 spiro atoms. The molecule has 0 fully saturated rings. The maximum Gasteiger partial charge on any atom is 0.250 e. The van der Waals surface area contributed by atoms with Crippen LogP contribution in [0.1, 0.15) is 51.4 Å². The SMILES string of the molecule is O=C1/C=C/CCCCCCCCC(=O)N1. The molecule has 84 valence electrons. The molecule has 3 heteroatoms. The topological polar surface area (TPSA) is 46.2 Å². The van der Waals surface area contributed by atoms with E-state index in [1.807, 2.05) is 6.08 Å². The summed E-state index contributed by atoms with van der Waals surface area (Å²) >= 11 is 0. The third-order valence-electron chi connectivity index (χ3n) is 2.56. The molecule has 0 saturated heterocycles. The molecule has 1 rings (SSSR count). The molecule has 0 saturated carbocycles. The second-order valence-corrected chi connectivity index (χ2v) is 3.97. The Hall–Kier alpha value is -1.12. The van der Waals surface area contributed by atoms with Crippen LogP contribution in [0.2, 0.25) is 0 Å². The first-order valence-electron chi connectivity index (χ1n) is 5.79. The first-order valence-corrected chi connectivity index (χ1v) is 5.79. The van der Waals surface area contributed by atoms with Gasteiger partial charge in [-0.2, -0.15) is 0 Å². The molecule has 0 aliphatic carbocycles. The Balaban J connectivity index is 2.39. The highest BCUT2D eigenvalue weighted by molar-refractivity contribution is 6.00. The van der Waals surface area contributed by atoms with Gasteiger partial charge in [-0.15, -0.1) is 0 Å². The molecule has 1 aliphatic heterocycles. The predicted octanol–water partition coefficient (Wildman–Crippen LogP) is 2.32. The standard InChI is InChI=1S/C12H19NO2/c14-11-9-7-5-3-1-2-4-6-8-10-12(15)13-11/h7,9H,1-6,8,10H2,(H,13,14,15)/b9-7+. The monoisotopic (exact) mass is 209 g/mol. The second kappa shape index (κ2) is 7.21. The Labute approximate surface area is 90.9 Å². The van der Waals surface area contributed by atoms with E-state index in [1.165, 1.54) is 25.3 Å². The number of nitrogens with one attached hydrogen (secondary N) is 1. The average molecular weight is 209 g/mol. The molecule has 0 bridgehead atoms. The predicted molar refractivity (Wildman–Crippen MR) is 59.2 cm³/mol. The van der Waals surface area contributed by atoms with Gasteiger partial charge in [-0.05, 0) is 25.3 Å². The summed E-state index contributed by atoms with van der Waals surface area (Å²) in [6.45, 7) is 0. The van der Waals surface area contributed by atoms with Crippen molar-refractivity contribution in [2.45, 2.75) is 51.4 Å². The van der Waals surface area contributed by atoms with E-state index < -0.39 is 0 Å².